The minimum absolute atomic E-state index is 0.194. The molecule has 2 saturated heterocycles. The second-order valence-corrected chi connectivity index (χ2v) is 12.6. The van der Waals surface area contributed by atoms with Crippen molar-refractivity contribution in [2.45, 2.75) is 4.90 Å². The molecule has 192 valence electrons. The van der Waals surface area contributed by atoms with Crippen molar-refractivity contribution in [3.63, 3.8) is 0 Å². The first-order valence-corrected chi connectivity index (χ1v) is 14.9. The molecule has 5 rings (SSSR count). The van der Waals surface area contributed by atoms with E-state index >= 15 is 0 Å². The monoisotopic (exact) mass is 593 g/mol. The molecule has 1 N–H and O–H groups in total. The van der Waals surface area contributed by atoms with Crippen LogP contribution in [-0.2, 0) is 14.8 Å². The summed E-state index contributed by atoms with van der Waals surface area (Å²) in [5.41, 5.74) is 1.47. The number of piperazine rings is 1. The van der Waals surface area contributed by atoms with Crippen molar-refractivity contribution < 1.29 is 17.9 Å². The molecule has 2 fully saturated rings. The fourth-order valence-corrected chi connectivity index (χ4v) is 7.31. The maximum Gasteiger partial charge on any atom is 0.251 e. The molecule has 2 aromatic carbocycles. The lowest BCUT2D eigenvalue weighted by molar-refractivity contribution is 0.0730. The van der Waals surface area contributed by atoms with Crippen molar-refractivity contribution in [3.05, 3.63) is 52.5 Å². The molecule has 0 aliphatic carbocycles. The van der Waals surface area contributed by atoms with E-state index in [1.807, 2.05) is 12.1 Å². The number of halogens is 1. The van der Waals surface area contributed by atoms with E-state index < -0.39 is 10.0 Å². The molecular weight excluding hydrogens is 566 g/mol. The summed E-state index contributed by atoms with van der Waals surface area (Å²) in [7, 11) is -3.57. The molecule has 0 radical (unpaired) electrons. The van der Waals surface area contributed by atoms with Crippen molar-refractivity contribution in [1.29, 1.82) is 0 Å². The van der Waals surface area contributed by atoms with Crippen LogP contribution in [0, 0.1) is 0 Å². The first kappa shape index (κ1) is 25.6. The molecule has 9 nitrogen and oxygen atoms in total. The van der Waals surface area contributed by atoms with Crippen LogP contribution in [0.15, 0.2) is 51.8 Å². The average Bonchev–Trinajstić information content (AvgIpc) is 3.33. The highest BCUT2D eigenvalue weighted by atomic mass is 79.9. The number of nitrogens with zero attached hydrogens (tertiary/aromatic N) is 4. The van der Waals surface area contributed by atoms with Gasteiger partial charge in [-0.15, -0.1) is 0 Å². The number of carbonyl (C=O) groups is 1. The zero-order valence-corrected chi connectivity index (χ0v) is 22.9. The maximum absolute atomic E-state index is 12.7. The number of thiazole rings is 1. The number of hydrogen-bond donors (Lipinski definition) is 1. The average molecular weight is 595 g/mol. The molecule has 2 aliphatic heterocycles. The summed E-state index contributed by atoms with van der Waals surface area (Å²) in [5.74, 6) is -0.204. The standard InChI is InChI=1S/C24H28BrN5O4S2/c25-19-3-6-21-22(17-19)35-24(27-21)29-11-9-28(10-12-29)8-7-26-23(31)18-1-4-20(5-2-18)36(32,33)30-13-15-34-16-14-30/h1-6,17H,7-16H2,(H,26,31). The van der Waals surface area contributed by atoms with Gasteiger partial charge < -0.3 is 15.0 Å². The Morgan fingerprint density at radius 3 is 2.47 bits per heavy atom. The number of anilines is 1. The van der Waals surface area contributed by atoms with Crippen molar-refractivity contribution in [1.82, 2.24) is 19.5 Å². The lowest BCUT2D eigenvalue weighted by atomic mass is 10.2. The predicted molar refractivity (Wildman–Crippen MR) is 144 cm³/mol. The number of sulfonamides is 1. The Kier molecular flexibility index (Phi) is 7.89. The summed E-state index contributed by atoms with van der Waals surface area (Å²) in [6, 6.07) is 12.3. The van der Waals surface area contributed by atoms with E-state index in [0.717, 1.165) is 47.8 Å². The van der Waals surface area contributed by atoms with Gasteiger partial charge in [-0.3, -0.25) is 9.69 Å². The molecule has 3 aromatic rings. The Morgan fingerprint density at radius 1 is 1.03 bits per heavy atom. The molecule has 0 saturated carbocycles. The predicted octanol–water partition coefficient (Wildman–Crippen LogP) is 2.63. The number of ether oxygens (including phenoxy) is 1. The Bertz CT molecular complexity index is 1320. The molecule has 0 spiro atoms. The molecular formula is C24H28BrN5O4S2. The van der Waals surface area contributed by atoms with Crippen LogP contribution in [-0.4, -0.2) is 94.1 Å². The normalized spacial score (nSPS) is 18.0. The van der Waals surface area contributed by atoms with E-state index in [9.17, 15) is 13.2 Å². The second-order valence-electron chi connectivity index (χ2n) is 8.73. The van der Waals surface area contributed by atoms with Gasteiger partial charge in [0.2, 0.25) is 10.0 Å². The van der Waals surface area contributed by atoms with Crippen LogP contribution in [0.4, 0.5) is 5.13 Å². The van der Waals surface area contributed by atoms with Gasteiger partial charge in [-0.1, -0.05) is 27.3 Å². The molecule has 1 aromatic heterocycles. The molecule has 2 aliphatic rings. The Balaban J connectivity index is 1.08. The van der Waals surface area contributed by atoms with Crippen LogP contribution < -0.4 is 10.2 Å². The van der Waals surface area contributed by atoms with Gasteiger partial charge >= 0.3 is 0 Å². The van der Waals surface area contributed by atoms with Crippen LogP contribution in [0.1, 0.15) is 10.4 Å². The minimum atomic E-state index is -3.57. The van der Waals surface area contributed by atoms with Gasteiger partial charge in [-0.05, 0) is 42.5 Å². The minimum Gasteiger partial charge on any atom is -0.379 e. The fourth-order valence-electron chi connectivity index (χ4n) is 4.33. The van der Waals surface area contributed by atoms with Gasteiger partial charge in [0.15, 0.2) is 5.13 Å². The molecule has 0 atom stereocenters. The quantitative estimate of drug-likeness (QED) is 0.450. The van der Waals surface area contributed by atoms with Crippen molar-refractivity contribution in [2.24, 2.45) is 0 Å². The van der Waals surface area contributed by atoms with E-state index in [-0.39, 0.29) is 10.8 Å². The van der Waals surface area contributed by atoms with Gasteiger partial charge in [0, 0.05) is 62.4 Å². The van der Waals surface area contributed by atoms with E-state index in [1.165, 1.54) is 21.1 Å². The SMILES string of the molecule is O=C(NCCN1CCN(c2nc3ccc(Br)cc3s2)CC1)c1ccc(S(=O)(=O)N2CCOCC2)cc1. The third-order valence-corrected chi connectivity index (χ3v) is 9.91. The summed E-state index contributed by atoms with van der Waals surface area (Å²) in [4.78, 5) is 22.2. The lowest BCUT2D eigenvalue weighted by Crippen LogP contribution is -2.48. The first-order valence-electron chi connectivity index (χ1n) is 11.9. The molecule has 1 amide bonds. The summed E-state index contributed by atoms with van der Waals surface area (Å²) < 4.78 is 34.4. The van der Waals surface area contributed by atoms with Gasteiger partial charge in [-0.2, -0.15) is 4.31 Å². The molecule has 0 unspecified atom stereocenters. The third-order valence-electron chi connectivity index (χ3n) is 6.42. The zero-order valence-electron chi connectivity index (χ0n) is 19.7. The number of aromatic nitrogens is 1. The van der Waals surface area contributed by atoms with Crippen molar-refractivity contribution in [3.8, 4) is 0 Å². The Hall–Kier alpha value is -2.09. The molecule has 12 heteroatoms. The summed E-state index contributed by atoms with van der Waals surface area (Å²) in [5, 5.41) is 4.00. The highest BCUT2D eigenvalue weighted by Crippen LogP contribution is 2.31. The number of fused-ring (bicyclic) bond motifs is 1. The number of amides is 1. The van der Waals surface area contributed by atoms with Crippen LogP contribution >= 0.6 is 27.3 Å². The highest BCUT2D eigenvalue weighted by Gasteiger charge is 2.26. The topological polar surface area (TPSA) is 95.1 Å². The number of morpholine rings is 1. The Labute approximate surface area is 223 Å². The summed E-state index contributed by atoms with van der Waals surface area (Å²) in [6.45, 7) is 6.38. The van der Waals surface area contributed by atoms with Gasteiger partial charge in [0.1, 0.15) is 0 Å². The third kappa shape index (κ3) is 5.74. The van der Waals surface area contributed by atoms with E-state index in [4.69, 9.17) is 9.72 Å². The van der Waals surface area contributed by atoms with Crippen LogP contribution in [0.3, 0.4) is 0 Å². The number of rotatable bonds is 7. The zero-order chi connectivity index (χ0) is 25.1. The van der Waals surface area contributed by atoms with Gasteiger partial charge in [0.25, 0.3) is 5.91 Å². The number of carbonyl (C=O) groups excluding carboxylic acids is 1. The molecule has 36 heavy (non-hydrogen) atoms. The summed E-state index contributed by atoms with van der Waals surface area (Å²) >= 11 is 5.23. The van der Waals surface area contributed by atoms with Crippen LogP contribution in [0.5, 0.6) is 0 Å². The first-order chi connectivity index (χ1) is 17.4. The number of hydrogen-bond acceptors (Lipinski definition) is 8. The smallest absolute Gasteiger partial charge is 0.251 e. The van der Waals surface area contributed by atoms with E-state index in [2.05, 4.69) is 37.1 Å². The maximum atomic E-state index is 12.7. The largest absolute Gasteiger partial charge is 0.379 e. The fraction of sp³-hybridized carbons (Fsp3) is 0.417. The van der Waals surface area contributed by atoms with Gasteiger partial charge in [0.05, 0.1) is 28.3 Å². The second kappa shape index (κ2) is 11.1. The molecule has 3 heterocycles. The van der Waals surface area contributed by atoms with Gasteiger partial charge in [-0.25, -0.2) is 13.4 Å². The number of benzene rings is 2. The van der Waals surface area contributed by atoms with Crippen molar-refractivity contribution >= 4 is 58.5 Å². The van der Waals surface area contributed by atoms with Crippen molar-refractivity contribution in [2.75, 3.05) is 70.5 Å². The molecule has 0 bridgehead atoms. The lowest BCUT2D eigenvalue weighted by Gasteiger charge is -2.34. The van der Waals surface area contributed by atoms with Crippen LogP contribution in [0.2, 0.25) is 0 Å². The Morgan fingerprint density at radius 2 is 1.75 bits per heavy atom. The van der Waals surface area contributed by atoms with E-state index in [1.54, 1.807) is 23.5 Å². The number of nitrogens with one attached hydrogen (secondary N) is 1. The summed E-state index contributed by atoms with van der Waals surface area (Å²) in [6.07, 6.45) is 0. The van der Waals surface area contributed by atoms with E-state index in [0.29, 0.717) is 38.4 Å². The highest BCUT2D eigenvalue weighted by molar-refractivity contribution is 9.10. The van der Waals surface area contributed by atoms with Crippen LogP contribution in [0.25, 0.3) is 10.2 Å².